The fourth-order valence-corrected chi connectivity index (χ4v) is 2.24. The predicted octanol–water partition coefficient (Wildman–Crippen LogP) is 2.85. The molecule has 1 N–H and O–H groups in total. The molecule has 0 aliphatic carbocycles. The first kappa shape index (κ1) is 15.5. The Morgan fingerprint density at radius 3 is 2.87 bits per heavy atom. The quantitative estimate of drug-likeness (QED) is 0.699. The molecule has 23 heavy (non-hydrogen) atoms. The van der Waals surface area contributed by atoms with E-state index in [0.29, 0.717) is 24.0 Å². The zero-order valence-corrected chi connectivity index (χ0v) is 13.5. The van der Waals surface area contributed by atoms with Gasteiger partial charge >= 0.3 is 6.01 Å². The molecule has 0 bridgehead atoms. The maximum Gasteiger partial charge on any atom is 0.337 e. The fraction of sp³-hybridized carbons (Fsp3) is 0.267. The lowest BCUT2D eigenvalue weighted by Crippen LogP contribution is -2.05. The third-order valence-corrected chi connectivity index (χ3v) is 3.27. The van der Waals surface area contributed by atoms with Crippen LogP contribution in [0.25, 0.3) is 5.78 Å². The molecule has 3 aromatic rings. The van der Waals surface area contributed by atoms with Gasteiger partial charge in [0.1, 0.15) is 12.4 Å². The average Bonchev–Trinajstić information content (AvgIpc) is 2.90. The zero-order chi connectivity index (χ0) is 16.2. The number of anilines is 2. The number of hydrogen-bond acceptors (Lipinski definition) is 6. The minimum Gasteiger partial charge on any atom is -0.460 e. The molecule has 0 aliphatic rings. The Kier molecular flexibility index (Phi) is 4.59. The SMILES string of the molecule is COCCOc1nc2nc(C)cc(Nc3cccc(Cl)c3)n2n1. The Hall–Kier alpha value is -2.38. The van der Waals surface area contributed by atoms with Gasteiger partial charge in [0.25, 0.3) is 5.78 Å². The molecule has 0 saturated heterocycles. The minimum atomic E-state index is 0.259. The van der Waals surface area contributed by atoms with E-state index in [1.165, 1.54) is 0 Å². The largest absolute Gasteiger partial charge is 0.460 e. The Morgan fingerprint density at radius 1 is 1.22 bits per heavy atom. The highest BCUT2D eigenvalue weighted by Gasteiger charge is 2.11. The van der Waals surface area contributed by atoms with Gasteiger partial charge in [-0.15, -0.1) is 5.10 Å². The standard InChI is InChI=1S/C15H16ClN5O2/c1-10-8-13(18-12-5-3-4-11(16)9-12)21-14(17-10)19-15(20-21)23-7-6-22-2/h3-5,8-9,18H,6-7H2,1-2H3. The smallest absolute Gasteiger partial charge is 0.337 e. The lowest BCUT2D eigenvalue weighted by molar-refractivity contribution is 0.141. The molecule has 3 rings (SSSR count). The molecule has 2 aromatic heterocycles. The van der Waals surface area contributed by atoms with Crippen molar-refractivity contribution < 1.29 is 9.47 Å². The Morgan fingerprint density at radius 2 is 2.09 bits per heavy atom. The van der Waals surface area contributed by atoms with E-state index in [9.17, 15) is 0 Å². The summed E-state index contributed by atoms with van der Waals surface area (Å²) in [6.07, 6.45) is 0. The lowest BCUT2D eigenvalue weighted by Gasteiger charge is -2.08. The van der Waals surface area contributed by atoms with Crippen molar-refractivity contribution in [2.24, 2.45) is 0 Å². The second-order valence-corrected chi connectivity index (χ2v) is 5.30. The maximum absolute atomic E-state index is 6.02. The van der Waals surface area contributed by atoms with Gasteiger partial charge in [-0.2, -0.15) is 9.50 Å². The van der Waals surface area contributed by atoms with Crippen molar-refractivity contribution in [2.45, 2.75) is 6.92 Å². The molecule has 8 heteroatoms. The highest BCUT2D eigenvalue weighted by atomic mass is 35.5. The summed E-state index contributed by atoms with van der Waals surface area (Å²) in [5.74, 6) is 1.19. The van der Waals surface area contributed by atoms with Gasteiger partial charge < -0.3 is 14.8 Å². The zero-order valence-electron chi connectivity index (χ0n) is 12.8. The molecule has 0 radical (unpaired) electrons. The van der Waals surface area contributed by atoms with E-state index in [1.807, 2.05) is 37.3 Å². The summed E-state index contributed by atoms with van der Waals surface area (Å²) in [4.78, 5) is 8.62. The van der Waals surface area contributed by atoms with Gasteiger partial charge in [-0.1, -0.05) is 17.7 Å². The number of methoxy groups -OCH3 is 1. The van der Waals surface area contributed by atoms with Crippen LogP contribution in [-0.2, 0) is 4.74 Å². The number of nitrogens with one attached hydrogen (secondary N) is 1. The van der Waals surface area contributed by atoms with E-state index in [4.69, 9.17) is 21.1 Å². The monoisotopic (exact) mass is 333 g/mol. The highest BCUT2D eigenvalue weighted by Crippen LogP contribution is 2.21. The fourth-order valence-electron chi connectivity index (χ4n) is 2.05. The summed E-state index contributed by atoms with van der Waals surface area (Å²) < 4.78 is 12.0. The number of fused-ring (bicyclic) bond motifs is 1. The van der Waals surface area contributed by atoms with Crippen molar-refractivity contribution >= 4 is 28.9 Å². The third kappa shape index (κ3) is 3.69. The van der Waals surface area contributed by atoms with E-state index in [-0.39, 0.29) is 6.01 Å². The lowest BCUT2D eigenvalue weighted by atomic mass is 10.3. The molecule has 120 valence electrons. The van der Waals surface area contributed by atoms with Gasteiger partial charge in [0, 0.05) is 29.6 Å². The molecule has 2 heterocycles. The summed E-state index contributed by atoms with van der Waals surface area (Å²) in [6.45, 7) is 2.74. The van der Waals surface area contributed by atoms with Crippen LogP contribution in [0.15, 0.2) is 30.3 Å². The number of nitrogens with zero attached hydrogens (tertiary/aromatic N) is 4. The van der Waals surface area contributed by atoms with E-state index in [2.05, 4.69) is 20.4 Å². The molecule has 0 unspecified atom stereocenters. The first-order valence-corrected chi connectivity index (χ1v) is 7.42. The Bertz CT molecular complexity index is 821. The van der Waals surface area contributed by atoms with Gasteiger partial charge in [0.05, 0.1) is 6.61 Å². The average molecular weight is 334 g/mol. The molecule has 1 aromatic carbocycles. The van der Waals surface area contributed by atoms with Crippen molar-refractivity contribution in [3.63, 3.8) is 0 Å². The highest BCUT2D eigenvalue weighted by molar-refractivity contribution is 6.30. The van der Waals surface area contributed by atoms with Crippen LogP contribution < -0.4 is 10.1 Å². The van der Waals surface area contributed by atoms with Crippen molar-refractivity contribution in [3.05, 3.63) is 41.0 Å². The van der Waals surface area contributed by atoms with Gasteiger partial charge in [0.2, 0.25) is 0 Å². The van der Waals surface area contributed by atoms with E-state index < -0.39 is 0 Å². The van der Waals surface area contributed by atoms with E-state index in [0.717, 1.165) is 17.2 Å². The van der Waals surface area contributed by atoms with E-state index in [1.54, 1.807) is 11.6 Å². The number of ether oxygens (including phenoxy) is 2. The Balaban J connectivity index is 1.92. The van der Waals surface area contributed by atoms with Gasteiger partial charge in [-0.25, -0.2) is 4.98 Å². The first-order chi connectivity index (χ1) is 11.2. The van der Waals surface area contributed by atoms with Crippen molar-refractivity contribution in [1.82, 2.24) is 19.6 Å². The summed E-state index contributed by atoms with van der Waals surface area (Å²) in [5, 5.41) is 8.23. The van der Waals surface area contributed by atoms with Gasteiger partial charge in [-0.3, -0.25) is 0 Å². The number of benzene rings is 1. The van der Waals surface area contributed by atoms with Gasteiger partial charge in [-0.05, 0) is 25.1 Å². The summed E-state index contributed by atoms with van der Waals surface area (Å²) in [7, 11) is 1.61. The molecule has 0 amide bonds. The van der Waals surface area contributed by atoms with Crippen LogP contribution in [0.3, 0.4) is 0 Å². The third-order valence-electron chi connectivity index (χ3n) is 3.04. The van der Waals surface area contributed by atoms with Crippen LogP contribution in [0.5, 0.6) is 6.01 Å². The molecule has 0 atom stereocenters. The van der Waals surface area contributed by atoms with Gasteiger partial charge in [0.15, 0.2) is 0 Å². The van der Waals surface area contributed by atoms with Crippen LogP contribution >= 0.6 is 11.6 Å². The van der Waals surface area contributed by atoms with Crippen LogP contribution in [0.1, 0.15) is 5.69 Å². The maximum atomic E-state index is 6.02. The summed E-state index contributed by atoms with van der Waals surface area (Å²) >= 11 is 6.02. The van der Waals surface area contributed by atoms with E-state index >= 15 is 0 Å². The number of aromatic nitrogens is 4. The van der Waals surface area contributed by atoms with Crippen LogP contribution in [0.2, 0.25) is 5.02 Å². The summed E-state index contributed by atoms with van der Waals surface area (Å²) in [5.41, 5.74) is 1.67. The van der Waals surface area contributed by atoms with Crippen LogP contribution in [0, 0.1) is 6.92 Å². The Labute approximate surface area is 138 Å². The van der Waals surface area contributed by atoms with Crippen molar-refractivity contribution in [1.29, 1.82) is 0 Å². The molecule has 0 saturated carbocycles. The normalized spacial score (nSPS) is 10.9. The number of aryl methyl sites for hydroxylation is 1. The minimum absolute atomic E-state index is 0.259. The van der Waals surface area contributed by atoms with Crippen molar-refractivity contribution in [3.8, 4) is 6.01 Å². The second kappa shape index (κ2) is 6.80. The second-order valence-electron chi connectivity index (χ2n) is 4.87. The molecular weight excluding hydrogens is 318 g/mol. The van der Waals surface area contributed by atoms with Crippen LogP contribution in [-0.4, -0.2) is 39.9 Å². The predicted molar refractivity (Wildman–Crippen MR) is 87.6 cm³/mol. The first-order valence-electron chi connectivity index (χ1n) is 7.04. The number of hydrogen-bond donors (Lipinski definition) is 1. The molecule has 0 spiro atoms. The number of rotatable bonds is 6. The molecule has 0 fully saturated rings. The molecule has 0 aliphatic heterocycles. The molecule has 7 nitrogen and oxygen atoms in total. The van der Waals surface area contributed by atoms with Crippen LogP contribution in [0.4, 0.5) is 11.5 Å². The summed E-state index contributed by atoms with van der Waals surface area (Å²) in [6, 6.07) is 9.57. The number of halogens is 1. The molecular formula is C15H16ClN5O2. The topological polar surface area (TPSA) is 73.6 Å². The van der Waals surface area contributed by atoms with Crippen molar-refractivity contribution in [2.75, 3.05) is 25.6 Å².